The van der Waals surface area contributed by atoms with Crippen LogP contribution in [0.4, 0.5) is 0 Å². The van der Waals surface area contributed by atoms with Crippen LogP contribution in [0.3, 0.4) is 0 Å². The van der Waals surface area contributed by atoms with E-state index in [-0.39, 0.29) is 5.97 Å². The molecule has 0 saturated carbocycles. The number of methoxy groups -OCH3 is 1. The second kappa shape index (κ2) is 7.96. The van der Waals surface area contributed by atoms with Crippen molar-refractivity contribution in [3.8, 4) is 11.6 Å². The summed E-state index contributed by atoms with van der Waals surface area (Å²) >= 11 is 6.02. The molecular formula is C16H19ClN2O3. The number of rotatable bonds is 7. The number of benzene rings is 1. The van der Waals surface area contributed by atoms with Crippen molar-refractivity contribution in [3.63, 3.8) is 0 Å². The third kappa shape index (κ3) is 4.32. The average molecular weight is 323 g/mol. The van der Waals surface area contributed by atoms with Crippen LogP contribution in [0.1, 0.15) is 31.9 Å². The predicted molar refractivity (Wildman–Crippen MR) is 84.4 cm³/mol. The molecule has 0 bridgehead atoms. The fourth-order valence-corrected chi connectivity index (χ4v) is 2.17. The quantitative estimate of drug-likeness (QED) is 0.728. The van der Waals surface area contributed by atoms with E-state index in [4.69, 9.17) is 21.1 Å². The Morgan fingerprint density at radius 1 is 1.36 bits per heavy atom. The van der Waals surface area contributed by atoms with E-state index in [1.165, 1.54) is 0 Å². The van der Waals surface area contributed by atoms with Crippen LogP contribution in [0.15, 0.2) is 30.3 Å². The van der Waals surface area contributed by atoms with E-state index in [9.17, 15) is 4.79 Å². The molecule has 0 unspecified atom stereocenters. The molecule has 0 spiro atoms. The molecule has 0 amide bonds. The Hall–Kier alpha value is -1.85. The van der Waals surface area contributed by atoms with Crippen molar-refractivity contribution in [2.75, 3.05) is 7.11 Å². The number of carbonyl (C=O) groups excluding carboxylic acids is 1. The second-order valence-corrected chi connectivity index (χ2v) is 5.31. The number of halogens is 1. The molecule has 0 aliphatic rings. The van der Waals surface area contributed by atoms with Gasteiger partial charge in [0.15, 0.2) is 0 Å². The van der Waals surface area contributed by atoms with E-state index in [2.05, 4.69) is 5.10 Å². The first-order valence-corrected chi connectivity index (χ1v) is 7.56. The summed E-state index contributed by atoms with van der Waals surface area (Å²) < 4.78 is 12.1. The van der Waals surface area contributed by atoms with Gasteiger partial charge >= 0.3 is 5.97 Å². The Bertz CT molecular complexity index is 640. The normalized spacial score (nSPS) is 10.7. The Morgan fingerprint density at radius 3 is 2.86 bits per heavy atom. The zero-order chi connectivity index (χ0) is 15.9. The molecule has 6 heteroatoms. The molecule has 0 fully saturated rings. The van der Waals surface area contributed by atoms with Crippen molar-refractivity contribution in [2.24, 2.45) is 0 Å². The summed E-state index contributed by atoms with van der Waals surface area (Å²) in [5.74, 6) is 0.101. The molecule has 1 aromatic heterocycles. The molecular weight excluding hydrogens is 304 g/mol. The highest BCUT2D eigenvalue weighted by molar-refractivity contribution is 6.30. The van der Waals surface area contributed by atoms with Gasteiger partial charge in [-0.3, -0.25) is 4.79 Å². The van der Waals surface area contributed by atoms with Crippen molar-refractivity contribution in [3.05, 3.63) is 41.0 Å². The van der Waals surface area contributed by atoms with Crippen LogP contribution in [0, 0.1) is 0 Å². The summed E-state index contributed by atoms with van der Waals surface area (Å²) in [6.07, 6.45) is 2.13. The molecule has 0 aliphatic heterocycles. The average Bonchev–Trinajstić information content (AvgIpc) is 2.88. The van der Waals surface area contributed by atoms with Crippen molar-refractivity contribution in [1.29, 1.82) is 0 Å². The van der Waals surface area contributed by atoms with Crippen molar-refractivity contribution in [1.82, 2.24) is 9.78 Å². The fraction of sp³-hybridized carbons (Fsp3) is 0.375. The number of hydrogen-bond donors (Lipinski definition) is 0. The first-order valence-electron chi connectivity index (χ1n) is 7.18. The van der Waals surface area contributed by atoms with Crippen LogP contribution in [-0.2, 0) is 16.1 Å². The maximum absolute atomic E-state index is 11.9. The largest absolute Gasteiger partial charge is 0.407 e. The number of aromatic nitrogens is 2. The van der Waals surface area contributed by atoms with Crippen LogP contribution in [0.5, 0.6) is 5.88 Å². The lowest BCUT2D eigenvalue weighted by atomic mass is 10.2. The van der Waals surface area contributed by atoms with Gasteiger partial charge in [-0.15, -0.1) is 0 Å². The highest BCUT2D eigenvalue weighted by Crippen LogP contribution is 2.23. The molecule has 118 valence electrons. The predicted octanol–water partition coefficient (Wildman–Crippen LogP) is 3.77. The third-order valence-corrected chi connectivity index (χ3v) is 3.26. The van der Waals surface area contributed by atoms with E-state index >= 15 is 0 Å². The van der Waals surface area contributed by atoms with Gasteiger partial charge in [0, 0.05) is 24.6 Å². The minimum Gasteiger partial charge on any atom is -0.407 e. The van der Waals surface area contributed by atoms with Gasteiger partial charge in [-0.1, -0.05) is 31.0 Å². The summed E-state index contributed by atoms with van der Waals surface area (Å²) in [5, 5.41) is 4.99. The van der Waals surface area contributed by atoms with Crippen molar-refractivity contribution < 1.29 is 14.3 Å². The van der Waals surface area contributed by atoms with Crippen LogP contribution in [0.2, 0.25) is 5.02 Å². The number of nitrogens with zero attached hydrogens (tertiary/aromatic N) is 2. The van der Waals surface area contributed by atoms with Gasteiger partial charge in [-0.25, -0.2) is 4.68 Å². The molecule has 0 atom stereocenters. The number of hydrogen-bond acceptors (Lipinski definition) is 4. The number of esters is 1. The van der Waals surface area contributed by atoms with Crippen LogP contribution in [-0.4, -0.2) is 22.9 Å². The molecule has 2 rings (SSSR count). The molecule has 5 nitrogen and oxygen atoms in total. The number of unbranched alkanes of at least 4 members (excludes halogenated alkanes) is 1. The monoisotopic (exact) mass is 322 g/mol. The van der Waals surface area contributed by atoms with Crippen molar-refractivity contribution >= 4 is 17.6 Å². The van der Waals surface area contributed by atoms with E-state index in [1.54, 1.807) is 30.0 Å². The van der Waals surface area contributed by atoms with Gasteiger partial charge in [0.25, 0.3) is 0 Å². The van der Waals surface area contributed by atoms with E-state index in [0.29, 0.717) is 29.6 Å². The lowest BCUT2D eigenvalue weighted by Gasteiger charge is -2.08. The molecule has 0 radical (unpaired) electrons. The van der Waals surface area contributed by atoms with Crippen molar-refractivity contribution in [2.45, 2.75) is 32.8 Å². The lowest BCUT2D eigenvalue weighted by molar-refractivity contribution is -0.134. The molecule has 0 saturated heterocycles. The lowest BCUT2D eigenvalue weighted by Crippen LogP contribution is -2.11. The highest BCUT2D eigenvalue weighted by Gasteiger charge is 2.14. The first-order chi connectivity index (χ1) is 10.6. The Labute approximate surface area is 134 Å². The molecule has 2 aromatic rings. The maximum Gasteiger partial charge on any atom is 0.312 e. The van der Waals surface area contributed by atoms with Gasteiger partial charge in [-0.2, -0.15) is 5.10 Å². The zero-order valence-electron chi connectivity index (χ0n) is 12.7. The Balaban J connectivity index is 2.28. The summed E-state index contributed by atoms with van der Waals surface area (Å²) in [4.78, 5) is 11.9. The van der Waals surface area contributed by atoms with Gasteiger partial charge in [0.2, 0.25) is 5.88 Å². The topological polar surface area (TPSA) is 53.4 Å². The van der Waals surface area contributed by atoms with Gasteiger partial charge in [-0.05, 0) is 24.6 Å². The van der Waals surface area contributed by atoms with Crippen LogP contribution < -0.4 is 4.74 Å². The molecule has 1 aromatic carbocycles. The summed E-state index contributed by atoms with van der Waals surface area (Å²) in [5.41, 5.74) is 1.41. The first kappa shape index (κ1) is 16.5. The minimum absolute atomic E-state index is 0.269. The molecule has 0 aliphatic carbocycles. The summed E-state index contributed by atoms with van der Waals surface area (Å²) in [6, 6.07) is 8.90. The van der Waals surface area contributed by atoms with Crippen LogP contribution in [0.25, 0.3) is 5.69 Å². The van der Waals surface area contributed by atoms with Gasteiger partial charge in [0.05, 0.1) is 18.0 Å². The second-order valence-electron chi connectivity index (χ2n) is 4.88. The van der Waals surface area contributed by atoms with Crippen LogP contribution >= 0.6 is 11.6 Å². The van der Waals surface area contributed by atoms with Gasteiger partial charge in [0.1, 0.15) is 0 Å². The van der Waals surface area contributed by atoms with E-state index in [1.807, 2.05) is 19.1 Å². The molecule has 1 heterocycles. The summed E-state index contributed by atoms with van der Waals surface area (Å²) in [6.45, 7) is 2.37. The maximum atomic E-state index is 11.9. The standard InChI is InChI=1S/C16H19ClN2O3/c1-3-4-8-16(20)22-15-10-13(11-21-2)18-19(15)14-7-5-6-12(17)9-14/h5-7,9-10H,3-4,8,11H2,1-2H3. The summed E-state index contributed by atoms with van der Waals surface area (Å²) in [7, 11) is 1.59. The number of ether oxygens (including phenoxy) is 2. The Kier molecular flexibility index (Phi) is 5.98. The SMILES string of the molecule is CCCCC(=O)Oc1cc(COC)nn1-c1cccc(Cl)c1. The van der Waals surface area contributed by atoms with Gasteiger partial charge < -0.3 is 9.47 Å². The smallest absolute Gasteiger partial charge is 0.312 e. The number of carbonyl (C=O) groups is 1. The fourth-order valence-electron chi connectivity index (χ4n) is 1.98. The highest BCUT2D eigenvalue weighted by atomic mass is 35.5. The Morgan fingerprint density at radius 2 is 2.18 bits per heavy atom. The zero-order valence-corrected chi connectivity index (χ0v) is 13.5. The minimum atomic E-state index is -0.269. The van der Waals surface area contributed by atoms with E-state index in [0.717, 1.165) is 18.5 Å². The molecule has 22 heavy (non-hydrogen) atoms. The van der Waals surface area contributed by atoms with E-state index < -0.39 is 0 Å². The molecule has 0 N–H and O–H groups in total. The third-order valence-electron chi connectivity index (χ3n) is 3.03.